The van der Waals surface area contributed by atoms with E-state index in [1.165, 1.54) is 15.1 Å². The molecule has 2 heterocycles. The number of benzene rings is 1. The predicted octanol–water partition coefficient (Wildman–Crippen LogP) is 2.54. The number of hydrogen-bond donors (Lipinski definition) is 1. The van der Waals surface area contributed by atoms with Crippen molar-refractivity contribution in [3.05, 3.63) is 68.9 Å². The Balaban J connectivity index is 1.43. The van der Waals surface area contributed by atoms with E-state index in [4.69, 9.17) is 0 Å². The molecule has 0 aliphatic heterocycles. The summed E-state index contributed by atoms with van der Waals surface area (Å²) in [7, 11) is 0. The van der Waals surface area contributed by atoms with Crippen LogP contribution < -0.4 is 11.0 Å². The summed E-state index contributed by atoms with van der Waals surface area (Å²) in [5, 5.41) is 7.02. The van der Waals surface area contributed by atoms with Crippen LogP contribution in [-0.2, 0) is 17.8 Å². The van der Waals surface area contributed by atoms with Gasteiger partial charge < -0.3 is 5.32 Å². The molecule has 3 aromatic rings. The fourth-order valence-electron chi connectivity index (χ4n) is 2.63. The first kappa shape index (κ1) is 18.3. The van der Waals surface area contributed by atoms with Gasteiger partial charge in [-0.1, -0.05) is 28.1 Å². The number of carbonyl (C=O) groups is 1. The first-order valence-corrected chi connectivity index (χ1v) is 9.09. The van der Waals surface area contributed by atoms with Gasteiger partial charge in [-0.15, -0.1) is 5.10 Å². The third-order valence-electron chi connectivity index (χ3n) is 3.99. The molecule has 2 aromatic heterocycles. The zero-order valence-electron chi connectivity index (χ0n) is 14.0. The fraction of sp³-hybridized carbons (Fsp3) is 0.278. The van der Waals surface area contributed by atoms with Crippen LogP contribution in [0, 0.1) is 5.82 Å². The molecule has 26 heavy (non-hydrogen) atoms. The Hall–Kier alpha value is -2.48. The molecule has 0 spiro atoms. The van der Waals surface area contributed by atoms with Crippen LogP contribution in [0.4, 0.5) is 4.39 Å². The van der Waals surface area contributed by atoms with Crippen LogP contribution in [0.3, 0.4) is 0 Å². The number of nitrogens with one attached hydrogen (secondary N) is 1. The Kier molecular flexibility index (Phi) is 5.82. The van der Waals surface area contributed by atoms with Gasteiger partial charge in [-0.3, -0.25) is 9.20 Å². The smallest absolute Gasteiger partial charge is 0.350 e. The molecular formula is C18H18BrFN4O2. The van der Waals surface area contributed by atoms with E-state index in [-0.39, 0.29) is 23.8 Å². The van der Waals surface area contributed by atoms with E-state index in [1.807, 2.05) is 6.07 Å². The average molecular weight is 421 g/mol. The van der Waals surface area contributed by atoms with Crippen LogP contribution in [-0.4, -0.2) is 26.6 Å². The van der Waals surface area contributed by atoms with E-state index in [1.54, 1.807) is 30.5 Å². The van der Waals surface area contributed by atoms with Crippen molar-refractivity contribution in [3.63, 3.8) is 0 Å². The van der Waals surface area contributed by atoms with Crippen LogP contribution >= 0.6 is 15.9 Å². The quantitative estimate of drug-likeness (QED) is 0.597. The molecule has 0 aliphatic carbocycles. The lowest BCUT2D eigenvalue weighted by molar-refractivity contribution is -0.121. The molecule has 136 valence electrons. The molecule has 0 atom stereocenters. The van der Waals surface area contributed by atoms with Crippen LogP contribution in [0.5, 0.6) is 0 Å². The summed E-state index contributed by atoms with van der Waals surface area (Å²) in [4.78, 5) is 24.0. The van der Waals surface area contributed by atoms with E-state index >= 15 is 0 Å². The highest BCUT2D eigenvalue weighted by Crippen LogP contribution is 2.16. The number of halogens is 2. The van der Waals surface area contributed by atoms with Crippen LogP contribution in [0.25, 0.3) is 5.65 Å². The van der Waals surface area contributed by atoms with E-state index < -0.39 is 0 Å². The van der Waals surface area contributed by atoms with Crippen molar-refractivity contribution in [2.24, 2.45) is 0 Å². The number of aromatic nitrogens is 3. The van der Waals surface area contributed by atoms with Gasteiger partial charge in [-0.05, 0) is 42.7 Å². The molecule has 1 N–H and O–H groups in total. The van der Waals surface area contributed by atoms with Crippen molar-refractivity contribution < 1.29 is 9.18 Å². The zero-order valence-corrected chi connectivity index (χ0v) is 15.6. The Bertz CT molecular complexity index is 983. The van der Waals surface area contributed by atoms with Gasteiger partial charge in [0, 0.05) is 30.2 Å². The largest absolute Gasteiger partial charge is 0.356 e. The molecule has 0 saturated carbocycles. The topological polar surface area (TPSA) is 68.4 Å². The van der Waals surface area contributed by atoms with Crippen molar-refractivity contribution >= 4 is 27.5 Å². The molecule has 0 unspecified atom stereocenters. The molecular weight excluding hydrogens is 403 g/mol. The molecule has 0 radical (unpaired) electrons. The van der Waals surface area contributed by atoms with Crippen molar-refractivity contribution in [3.8, 4) is 0 Å². The Morgan fingerprint density at radius 1 is 1.27 bits per heavy atom. The summed E-state index contributed by atoms with van der Waals surface area (Å²) in [6.07, 6.45) is 2.82. The maximum atomic E-state index is 13.7. The third kappa shape index (κ3) is 4.37. The minimum Gasteiger partial charge on any atom is -0.356 e. The van der Waals surface area contributed by atoms with Crippen molar-refractivity contribution in [2.45, 2.75) is 25.8 Å². The number of nitrogens with zero attached hydrogens (tertiary/aromatic N) is 3. The summed E-state index contributed by atoms with van der Waals surface area (Å²) in [5.74, 6) is -0.465. The van der Waals surface area contributed by atoms with Crippen LogP contribution in [0.1, 0.15) is 18.4 Å². The summed E-state index contributed by atoms with van der Waals surface area (Å²) >= 11 is 3.20. The molecule has 1 amide bonds. The molecule has 0 aliphatic rings. The lowest BCUT2D eigenvalue weighted by atomic mass is 10.1. The molecule has 8 heteroatoms. The van der Waals surface area contributed by atoms with Gasteiger partial charge in [0.05, 0.1) is 0 Å². The molecule has 0 fully saturated rings. The Morgan fingerprint density at radius 3 is 2.88 bits per heavy atom. The monoisotopic (exact) mass is 420 g/mol. The third-order valence-corrected chi connectivity index (χ3v) is 4.49. The van der Waals surface area contributed by atoms with Gasteiger partial charge in [-0.25, -0.2) is 13.9 Å². The van der Waals surface area contributed by atoms with Gasteiger partial charge >= 0.3 is 5.69 Å². The second kappa shape index (κ2) is 8.27. The van der Waals surface area contributed by atoms with Gasteiger partial charge in [0.2, 0.25) is 5.91 Å². The second-order valence-corrected chi connectivity index (χ2v) is 6.79. The van der Waals surface area contributed by atoms with E-state index in [0.717, 1.165) is 0 Å². The number of carbonyl (C=O) groups excluding carboxylic acids is 1. The maximum Gasteiger partial charge on any atom is 0.350 e. The molecule has 0 bridgehead atoms. The highest BCUT2D eigenvalue weighted by atomic mass is 79.9. The predicted molar refractivity (Wildman–Crippen MR) is 99.5 cm³/mol. The highest BCUT2D eigenvalue weighted by molar-refractivity contribution is 9.10. The van der Waals surface area contributed by atoms with Gasteiger partial charge in [0.1, 0.15) is 5.82 Å². The Labute approximate surface area is 157 Å². The van der Waals surface area contributed by atoms with Gasteiger partial charge in [0.15, 0.2) is 5.65 Å². The molecule has 6 nitrogen and oxygen atoms in total. The lowest BCUT2D eigenvalue weighted by Crippen LogP contribution is -2.27. The summed E-state index contributed by atoms with van der Waals surface area (Å²) < 4.78 is 17.3. The Morgan fingerprint density at radius 2 is 2.12 bits per heavy atom. The number of aryl methyl sites for hydroxylation is 2. The van der Waals surface area contributed by atoms with Crippen molar-refractivity contribution in [2.75, 3.05) is 6.54 Å². The minimum absolute atomic E-state index is 0.144. The fourth-order valence-corrected chi connectivity index (χ4v) is 2.96. The number of pyridine rings is 1. The normalized spacial score (nSPS) is 11.0. The minimum atomic E-state index is -0.321. The molecule has 3 rings (SSSR count). The first-order valence-electron chi connectivity index (χ1n) is 8.29. The van der Waals surface area contributed by atoms with Crippen LogP contribution in [0.15, 0.2) is 51.9 Å². The summed E-state index contributed by atoms with van der Waals surface area (Å²) in [6, 6.07) is 10.2. The first-order chi connectivity index (χ1) is 12.5. The van der Waals surface area contributed by atoms with Crippen molar-refractivity contribution in [1.82, 2.24) is 19.5 Å². The lowest BCUT2D eigenvalue weighted by Gasteiger charge is -2.06. The number of hydrogen-bond acceptors (Lipinski definition) is 3. The molecule has 1 aromatic carbocycles. The number of fused-ring (bicyclic) bond motifs is 1. The summed E-state index contributed by atoms with van der Waals surface area (Å²) in [6.45, 7) is 0.851. The van der Waals surface area contributed by atoms with Gasteiger partial charge in [0.25, 0.3) is 0 Å². The zero-order chi connectivity index (χ0) is 18.5. The van der Waals surface area contributed by atoms with Gasteiger partial charge in [-0.2, -0.15) is 0 Å². The van der Waals surface area contributed by atoms with E-state index in [0.29, 0.717) is 41.6 Å². The highest BCUT2D eigenvalue weighted by Gasteiger charge is 2.08. The summed E-state index contributed by atoms with van der Waals surface area (Å²) in [5.41, 5.74) is 0.912. The molecule has 0 saturated heterocycles. The van der Waals surface area contributed by atoms with E-state index in [9.17, 15) is 14.0 Å². The van der Waals surface area contributed by atoms with Crippen LogP contribution in [0.2, 0.25) is 0 Å². The average Bonchev–Trinajstić information content (AvgIpc) is 2.94. The SMILES string of the molecule is O=C(CCc1ccc(Br)cc1F)NCCCn1nc2ccccn2c1=O. The van der Waals surface area contributed by atoms with E-state index in [2.05, 4.69) is 26.3 Å². The van der Waals surface area contributed by atoms with Crippen molar-refractivity contribution in [1.29, 1.82) is 0 Å². The number of rotatable bonds is 7. The maximum absolute atomic E-state index is 13.7. The standard InChI is InChI=1S/C18H18BrFN4O2/c19-14-7-5-13(15(20)12-14)6-8-17(25)21-9-3-11-24-18(26)23-10-2-1-4-16(23)22-24/h1-2,4-5,7,10,12H,3,6,8-9,11H2,(H,21,25). The number of amides is 1. The second-order valence-electron chi connectivity index (χ2n) is 5.87.